The van der Waals surface area contributed by atoms with Crippen LogP contribution in [0.5, 0.6) is 0 Å². The molecule has 0 saturated heterocycles. The molecule has 0 saturated carbocycles. The third-order valence-corrected chi connectivity index (χ3v) is 16.3. The predicted octanol–water partition coefficient (Wildman–Crippen LogP) is 24.9. The largest absolute Gasteiger partial charge is 0.462 e. The Kier molecular flexibility index (Phi) is 67.6. The Morgan fingerprint density at radius 3 is 0.753 bits per heavy atom. The molecular weight excluding hydrogens is 997 g/mol. The van der Waals surface area contributed by atoms with Gasteiger partial charge in [0, 0.05) is 19.3 Å². The number of carbonyl (C=O) groups excluding carboxylic acids is 3. The Morgan fingerprint density at radius 1 is 0.259 bits per heavy atom. The van der Waals surface area contributed by atoms with Gasteiger partial charge in [-0.2, -0.15) is 0 Å². The fourth-order valence-corrected chi connectivity index (χ4v) is 11.0. The number of hydrogen-bond acceptors (Lipinski definition) is 6. The van der Waals surface area contributed by atoms with Crippen LogP contribution >= 0.6 is 0 Å². The molecule has 0 aliphatic heterocycles. The van der Waals surface area contributed by atoms with Crippen LogP contribution in [0.3, 0.4) is 0 Å². The first-order valence-electron chi connectivity index (χ1n) is 36.1. The highest BCUT2D eigenvalue weighted by Crippen LogP contribution is 2.19. The van der Waals surface area contributed by atoms with Crippen LogP contribution in [0.1, 0.15) is 393 Å². The molecule has 1 unspecified atom stereocenters. The number of ether oxygens (including phenoxy) is 3. The number of esters is 3. The van der Waals surface area contributed by atoms with E-state index in [1.807, 2.05) is 0 Å². The van der Waals surface area contributed by atoms with Gasteiger partial charge < -0.3 is 14.2 Å². The van der Waals surface area contributed by atoms with Gasteiger partial charge in [-0.25, -0.2) is 0 Å². The second-order valence-electron chi connectivity index (χ2n) is 24.5. The lowest BCUT2D eigenvalue weighted by Gasteiger charge is -2.18. The Hall–Kier alpha value is -2.63. The molecule has 6 heteroatoms. The number of carbonyl (C=O) groups is 3. The van der Waals surface area contributed by atoms with E-state index in [2.05, 4.69) is 69.4 Å². The zero-order valence-corrected chi connectivity index (χ0v) is 54.6. The standard InChI is InChI=1S/C75H138O6/c1-4-7-10-13-16-19-21-23-25-27-29-31-32-33-34-35-36-37-38-39-40-41-42-44-45-47-49-51-53-56-59-62-65-68-74(77)80-71-72(70-79-73(76)67-64-61-58-55-18-15-12-9-6-3)81-75(78)69-66-63-60-57-54-52-50-48-46-43-30-28-26-24-22-20-17-14-11-8-5-2/h7,10,16,19,23,25,29,31,72H,4-6,8-9,11-15,17-18,20-22,24,26-28,30,32-71H2,1-3H3/b10-7-,19-16-,25-23-,31-29-. The Morgan fingerprint density at radius 2 is 0.481 bits per heavy atom. The average molecular weight is 1140 g/mol. The molecule has 0 aliphatic rings. The minimum absolute atomic E-state index is 0.0650. The molecule has 0 radical (unpaired) electrons. The van der Waals surface area contributed by atoms with E-state index >= 15 is 0 Å². The smallest absolute Gasteiger partial charge is 0.306 e. The van der Waals surface area contributed by atoms with Gasteiger partial charge in [-0.05, 0) is 57.8 Å². The van der Waals surface area contributed by atoms with Crippen LogP contribution < -0.4 is 0 Å². The van der Waals surface area contributed by atoms with E-state index < -0.39 is 6.10 Å². The minimum Gasteiger partial charge on any atom is -0.462 e. The van der Waals surface area contributed by atoms with Crippen LogP contribution in [0.15, 0.2) is 48.6 Å². The van der Waals surface area contributed by atoms with Gasteiger partial charge in [0.05, 0.1) is 0 Å². The predicted molar refractivity (Wildman–Crippen MR) is 353 cm³/mol. The molecule has 0 aliphatic carbocycles. The summed E-state index contributed by atoms with van der Waals surface area (Å²) < 4.78 is 16.9. The molecule has 0 rings (SSSR count). The first-order chi connectivity index (χ1) is 40.0. The summed E-state index contributed by atoms with van der Waals surface area (Å²) in [6.45, 7) is 6.58. The summed E-state index contributed by atoms with van der Waals surface area (Å²) >= 11 is 0. The number of allylic oxidation sites excluding steroid dienone is 8. The zero-order valence-electron chi connectivity index (χ0n) is 54.6. The second-order valence-corrected chi connectivity index (χ2v) is 24.5. The number of rotatable bonds is 67. The summed E-state index contributed by atoms with van der Waals surface area (Å²) in [7, 11) is 0. The third-order valence-electron chi connectivity index (χ3n) is 16.3. The maximum Gasteiger partial charge on any atom is 0.306 e. The Balaban J connectivity index is 4.04. The molecule has 0 amide bonds. The monoisotopic (exact) mass is 1140 g/mol. The molecule has 1 atom stereocenters. The third kappa shape index (κ3) is 68.0. The van der Waals surface area contributed by atoms with Crippen LogP contribution in [0, 0.1) is 0 Å². The topological polar surface area (TPSA) is 78.9 Å². The van der Waals surface area contributed by atoms with Gasteiger partial charge >= 0.3 is 17.9 Å². The lowest BCUT2D eigenvalue weighted by atomic mass is 10.0. The quantitative estimate of drug-likeness (QED) is 0.0261. The molecule has 0 bridgehead atoms. The van der Waals surface area contributed by atoms with E-state index in [1.54, 1.807) is 0 Å². The van der Waals surface area contributed by atoms with E-state index in [1.165, 1.54) is 270 Å². The molecular formula is C75H138O6. The van der Waals surface area contributed by atoms with Gasteiger partial charge in [-0.15, -0.1) is 0 Å². The SMILES string of the molecule is CC/C=C\C/C=C\C/C=C\C/C=C\CCCCCCCCCCCCCCCCCCCCCCC(=O)OCC(COC(=O)CCCCCCCCCCC)OC(=O)CCCCCCCCCCCCCCCCCCCCCCC. The molecule has 474 valence electrons. The van der Waals surface area contributed by atoms with Crippen molar-refractivity contribution in [2.75, 3.05) is 13.2 Å². The molecule has 81 heavy (non-hydrogen) atoms. The normalized spacial score (nSPS) is 12.3. The van der Waals surface area contributed by atoms with Gasteiger partial charge in [0.1, 0.15) is 13.2 Å². The lowest BCUT2D eigenvalue weighted by molar-refractivity contribution is -0.167. The lowest BCUT2D eigenvalue weighted by Crippen LogP contribution is -2.30. The molecule has 0 aromatic rings. The zero-order chi connectivity index (χ0) is 58.5. The van der Waals surface area contributed by atoms with Crippen molar-refractivity contribution in [2.24, 2.45) is 0 Å². The summed E-state index contributed by atoms with van der Waals surface area (Å²) in [4.78, 5) is 38.3. The van der Waals surface area contributed by atoms with Crippen molar-refractivity contribution >= 4 is 17.9 Å². The van der Waals surface area contributed by atoms with Gasteiger partial charge in [0.25, 0.3) is 0 Å². The Bertz CT molecular complexity index is 1400. The van der Waals surface area contributed by atoms with Crippen LogP contribution in [-0.2, 0) is 28.6 Å². The van der Waals surface area contributed by atoms with Gasteiger partial charge in [-0.1, -0.05) is 365 Å². The van der Waals surface area contributed by atoms with Crippen molar-refractivity contribution < 1.29 is 28.6 Å². The molecule has 0 fully saturated rings. The summed E-state index contributed by atoms with van der Waals surface area (Å²) in [5.41, 5.74) is 0. The first kappa shape index (κ1) is 78.4. The maximum atomic E-state index is 12.9. The summed E-state index contributed by atoms with van der Waals surface area (Å²) in [5, 5.41) is 0. The van der Waals surface area contributed by atoms with Gasteiger partial charge in [0.15, 0.2) is 6.10 Å². The molecule has 0 aromatic carbocycles. The summed E-state index contributed by atoms with van der Waals surface area (Å²) in [6, 6.07) is 0. The second kappa shape index (κ2) is 69.9. The molecule has 6 nitrogen and oxygen atoms in total. The van der Waals surface area contributed by atoms with E-state index in [0.29, 0.717) is 19.3 Å². The minimum atomic E-state index is -0.767. The van der Waals surface area contributed by atoms with Crippen LogP contribution in [-0.4, -0.2) is 37.2 Å². The maximum absolute atomic E-state index is 12.9. The van der Waals surface area contributed by atoms with E-state index in [9.17, 15) is 14.4 Å². The van der Waals surface area contributed by atoms with Crippen molar-refractivity contribution in [3.05, 3.63) is 48.6 Å². The first-order valence-corrected chi connectivity index (χ1v) is 36.1. The van der Waals surface area contributed by atoms with Crippen molar-refractivity contribution in [3.63, 3.8) is 0 Å². The Labute approximate surface area is 505 Å². The van der Waals surface area contributed by atoms with Crippen molar-refractivity contribution in [1.29, 1.82) is 0 Å². The van der Waals surface area contributed by atoms with E-state index in [0.717, 1.165) is 83.5 Å². The number of unbranched alkanes of at least 4 members (excludes halogenated alkanes) is 48. The highest BCUT2D eigenvalue weighted by molar-refractivity contribution is 5.71. The fraction of sp³-hybridized carbons (Fsp3) is 0.853. The molecule has 0 heterocycles. The van der Waals surface area contributed by atoms with Crippen LogP contribution in [0.2, 0.25) is 0 Å². The van der Waals surface area contributed by atoms with E-state index in [4.69, 9.17) is 14.2 Å². The van der Waals surface area contributed by atoms with Crippen molar-refractivity contribution in [2.45, 2.75) is 399 Å². The van der Waals surface area contributed by atoms with Crippen LogP contribution in [0.25, 0.3) is 0 Å². The van der Waals surface area contributed by atoms with Gasteiger partial charge in [0.2, 0.25) is 0 Å². The van der Waals surface area contributed by atoms with Crippen LogP contribution in [0.4, 0.5) is 0 Å². The highest BCUT2D eigenvalue weighted by Gasteiger charge is 2.19. The van der Waals surface area contributed by atoms with Crippen molar-refractivity contribution in [3.8, 4) is 0 Å². The highest BCUT2D eigenvalue weighted by atomic mass is 16.6. The molecule has 0 aromatic heterocycles. The summed E-state index contributed by atoms with van der Waals surface area (Å²) in [5.74, 6) is -0.837. The average Bonchev–Trinajstić information content (AvgIpc) is 3.47. The molecule has 0 spiro atoms. The molecule has 0 N–H and O–H groups in total. The van der Waals surface area contributed by atoms with Crippen molar-refractivity contribution in [1.82, 2.24) is 0 Å². The van der Waals surface area contributed by atoms with Gasteiger partial charge in [-0.3, -0.25) is 14.4 Å². The fourth-order valence-electron chi connectivity index (χ4n) is 11.0. The van der Waals surface area contributed by atoms with E-state index in [-0.39, 0.29) is 31.1 Å². The summed E-state index contributed by atoms with van der Waals surface area (Å²) in [6.07, 6.45) is 88.8. The number of hydrogen-bond donors (Lipinski definition) is 0.